The van der Waals surface area contributed by atoms with Gasteiger partial charge < -0.3 is 14.1 Å². The van der Waals surface area contributed by atoms with E-state index in [4.69, 9.17) is 9.15 Å². The number of hydrogen-bond acceptors (Lipinski definition) is 7. The molecule has 3 aromatic rings. The third-order valence-electron chi connectivity index (χ3n) is 4.48. The molecule has 152 valence electrons. The summed E-state index contributed by atoms with van der Waals surface area (Å²) in [7, 11) is 0. The molecule has 0 amide bonds. The molecule has 0 saturated carbocycles. The minimum atomic E-state index is -0.479. The summed E-state index contributed by atoms with van der Waals surface area (Å²) in [5.74, 6) is -0.174. The number of rotatable bonds is 7. The van der Waals surface area contributed by atoms with E-state index in [0.29, 0.717) is 33.6 Å². The first kappa shape index (κ1) is 20.9. The Morgan fingerprint density at radius 2 is 2.00 bits per heavy atom. The second-order valence-corrected chi connectivity index (χ2v) is 8.00. The quantitative estimate of drug-likeness (QED) is 0.345. The van der Waals surface area contributed by atoms with E-state index in [1.165, 1.54) is 11.8 Å². The third-order valence-corrected chi connectivity index (χ3v) is 5.42. The van der Waals surface area contributed by atoms with Crippen LogP contribution in [-0.4, -0.2) is 38.8 Å². The number of esters is 1. The van der Waals surface area contributed by atoms with Crippen LogP contribution in [0.25, 0.3) is 11.5 Å². The van der Waals surface area contributed by atoms with Gasteiger partial charge in [0.2, 0.25) is 5.89 Å². The van der Waals surface area contributed by atoms with Gasteiger partial charge in [-0.05, 0) is 52.3 Å². The van der Waals surface area contributed by atoms with Crippen LogP contribution < -0.4 is 0 Å². The van der Waals surface area contributed by atoms with E-state index in [2.05, 4.69) is 15.2 Å². The average molecular weight is 413 g/mol. The number of thioether (sulfide) groups is 1. The van der Waals surface area contributed by atoms with Crippen molar-refractivity contribution in [3.05, 3.63) is 52.3 Å². The minimum Gasteiger partial charge on any atom is -0.462 e. The molecule has 0 aliphatic rings. The fourth-order valence-electron chi connectivity index (χ4n) is 3.07. The molecule has 3 rings (SSSR count). The summed E-state index contributed by atoms with van der Waals surface area (Å²) >= 11 is 1.18. The van der Waals surface area contributed by atoms with Gasteiger partial charge in [0, 0.05) is 11.3 Å². The molecule has 0 aliphatic heterocycles. The number of aromatic nitrogens is 3. The van der Waals surface area contributed by atoms with Gasteiger partial charge in [-0.15, -0.1) is 10.2 Å². The first-order valence-corrected chi connectivity index (χ1v) is 10.2. The normalized spacial score (nSPS) is 12.0. The molecule has 0 aliphatic carbocycles. The molecular weight excluding hydrogens is 390 g/mol. The number of carbonyl (C=O) groups excluding carboxylic acids is 2. The molecule has 0 fully saturated rings. The number of benzene rings is 1. The number of ether oxygens (including phenoxy) is 1. The van der Waals surface area contributed by atoms with Crippen LogP contribution in [0.15, 0.2) is 33.9 Å². The summed E-state index contributed by atoms with van der Waals surface area (Å²) in [6, 6.07) is 7.76. The number of hydrogen-bond donors (Lipinski definition) is 1. The van der Waals surface area contributed by atoms with E-state index in [0.717, 1.165) is 11.1 Å². The zero-order chi connectivity index (χ0) is 21.1. The standard InChI is InChI=1S/C21H23N3O4S/c1-6-27-20(26)16-12(3)17(22-13(16)4)18(25)14(5)29-21-24-23-19(28-21)15-9-7-8-11(2)10-15/h7-10,14,22H,6H2,1-5H3/t14-/m0/s1. The maximum absolute atomic E-state index is 12.9. The Morgan fingerprint density at radius 1 is 1.24 bits per heavy atom. The smallest absolute Gasteiger partial charge is 0.340 e. The SMILES string of the molecule is CCOC(=O)c1c(C)[nH]c(C(=O)[C@H](C)Sc2nnc(-c3cccc(C)c3)o2)c1C. The third kappa shape index (κ3) is 4.42. The van der Waals surface area contributed by atoms with Crippen LogP contribution >= 0.6 is 11.8 Å². The molecule has 7 nitrogen and oxygen atoms in total. The number of ketones is 1. The van der Waals surface area contributed by atoms with Crippen LogP contribution in [0.3, 0.4) is 0 Å². The van der Waals surface area contributed by atoms with Crippen molar-refractivity contribution in [2.75, 3.05) is 6.61 Å². The fraction of sp³-hybridized carbons (Fsp3) is 0.333. The Bertz CT molecular complexity index is 1050. The van der Waals surface area contributed by atoms with Gasteiger partial charge in [0.15, 0.2) is 5.78 Å². The predicted molar refractivity (Wildman–Crippen MR) is 110 cm³/mol. The van der Waals surface area contributed by atoms with Crippen LogP contribution in [0.4, 0.5) is 0 Å². The minimum absolute atomic E-state index is 0.151. The zero-order valence-corrected chi connectivity index (χ0v) is 17.8. The van der Waals surface area contributed by atoms with Crippen molar-refractivity contribution in [3.8, 4) is 11.5 Å². The highest BCUT2D eigenvalue weighted by Gasteiger charge is 2.27. The van der Waals surface area contributed by atoms with E-state index >= 15 is 0 Å². The van der Waals surface area contributed by atoms with Crippen molar-refractivity contribution in [1.29, 1.82) is 0 Å². The summed E-state index contributed by atoms with van der Waals surface area (Å²) < 4.78 is 10.8. The summed E-state index contributed by atoms with van der Waals surface area (Å²) in [5, 5.41) is 7.95. The summed E-state index contributed by atoms with van der Waals surface area (Å²) in [5.41, 5.74) is 3.92. The second kappa shape index (κ2) is 8.65. The number of nitrogens with one attached hydrogen (secondary N) is 1. The van der Waals surface area contributed by atoms with Crippen molar-refractivity contribution in [3.63, 3.8) is 0 Å². The molecule has 0 saturated heterocycles. The number of H-pyrrole nitrogens is 1. The molecule has 2 heterocycles. The Hall–Kier alpha value is -2.87. The number of aromatic amines is 1. The Morgan fingerprint density at radius 3 is 2.69 bits per heavy atom. The highest BCUT2D eigenvalue weighted by Crippen LogP contribution is 2.29. The molecule has 29 heavy (non-hydrogen) atoms. The van der Waals surface area contributed by atoms with Gasteiger partial charge in [-0.25, -0.2) is 4.79 Å². The van der Waals surface area contributed by atoms with Crippen molar-refractivity contribution in [2.24, 2.45) is 0 Å². The average Bonchev–Trinajstić information content (AvgIpc) is 3.25. The first-order valence-electron chi connectivity index (χ1n) is 9.29. The molecule has 1 N–H and O–H groups in total. The highest BCUT2D eigenvalue weighted by atomic mass is 32.2. The monoisotopic (exact) mass is 413 g/mol. The van der Waals surface area contributed by atoms with Crippen molar-refractivity contribution >= 4 is 23.5 Å². The van der Waals surface area contributed by atoms with Crippen molar-refractivity contribution in [2.45, 2.75) is 45.1 Å². The van der Waals surface area contributed by atoms with Gasteiger partial charge in [0.25, 0.3) is 5.22 Å². The zero-order valence-electron chi connectivity index (χ0n) is 17.0. The number of Topliss-reactive ketones (excluding diaryl/α,β-unsaturated/α-hetero) is 1. The van der Waals surface area contributed by atoms with E-state index < -0.39 is 11.2 Å². The van der Waals surface area contributed by atoms with Gasteiger partial charge in [-0.3, -0.25) is 4.79 Å². The molecule has 2 aromatic heterocycles. The lowest BCUT2D eigenvalue weighted by Crippen LogP contribution is -2.15. The summed E-state index contributed by atoms with van der Waals surface area (Å²) in [6.07, 6.45) is 0. The lowest BCUT2D eigenvalue weighted by molar-refractivity contribution is 0.0525. The molecule has 0 unspecified atom stereocenters. The first-order chi connectivity index (χ1) is 13.8. The maximum Gasteiger partial charge on any atom is 0.340 e. The van der Waals surface area contributed by atoms with E-state index in [1.54, 1.807) is 27.7 Å². The Balaban J connectivity index is 1.77. The maximum atomic E-state index is 12.9. The molecule has 0 spiro atoms. The van der Waals surface area contributed by atoms with Crippen LogP contribution in [-0.2, 0) is 4.74 Å². The lowest BCUT2D eigenvalue weighted by atomic mass is 10.1. The molecule has 0 bridgehead atoms. The van der Waals surface area contributed by atoms with E-state index in [9.17, 15) is 9.59 Å². The second-order valence-electron chi connectivity index (χ2n) is 6.71. The lowest BCUT2D eigenvalue weighted by Gasteiger charge is -2.07. The van der Waals surface area contributed by atoms with Crippen LogP contribution in [0.5, 0.6) is 0 Å². The molecule has 1 aromatic carbocycles. The van der Waals surface area contributed by atoms with Crippen LogP contribution in [0.2, 0.25) is 0 Å². The number of aryl methyl sites for hydroxylation is 2. The molecule has 0 radical (unpaired) electrons. The highest BCUT2D eigenvalue weighted by molar-refractivity contribution is 8.00. The van der Waals surface area contributed by atoms with E-state index in [1.807, 2.05) is 31.2 Å². The Kier molecular flexibility index (Phi) is 6.22. The van der Waals surface area contributed by atoms with Crippen LogP contribution in [0.1, 0.15) is 51.5 Å². The number of nitrogens with zero attached hydrogens (tertiary/aromatic N) is 2. The van der Waals surface area contributed by atoms with Gasteiger partial charge in [-0.1, -0.05) is 29.5 Å². The van der Waals surface area contributed by atoms with E-state index in [-0.39, 0.29) is 12.4 Å². The molecule has 8 heteroatoms. The van der Waals surface area contributed by atoms with Gasteiger partial charge in [0.05, 0.1) is 23.1 Å². The largest absolute Gasteiger partial charge is 0.462 e. The van der Waals surface area contributed by atoms with Crippen molar-refractivity contribution < 1.29 is 18.7 Å². The van der Waals surface area contributed by atoms with Gasteiger partial charge in [0.1, 0.15) is 0 Å². The summed E-state index contributed by atoms with van der Waals surface area (Å²) in [6.45, 7) is 9.27. The molecular formula is C21H23N3O4S. The van der Waals surface area contributed by atoms with Gasteiger partial charge >= 0.3 is 5.97 Å². The van der Waals surface area contributed by atoms with Crippen molar-refractivity contribution in [1.82, 2.24) is 15.2 Å². The van der Waals surface area contributed by atoms with Crippen LogP contribution in [0, 0.1) is 20.8 Å². The fourth-order valence-corrected chi connectivity index (χ4v) is 3.81. The molecule has 1 atom stereocenters. The predicted octanol–water partition coefficient (Wildman–Crippen LogP) is 4.53. The number of carbonyl (C=O) groups is 2. The Labute approximate surface area is 173 Å². The van der Waals surface area contributed by atoms with Gasteiger partial charge in [-0.2, -0.15) is 0 Å². The topological polar surface area (TPSA) is 98.1 Å². The summed E-state index contributed by atoms with van der Waals surface area (Å²) in [4.78, 5) is 28.1.